The van der Waals surface area contributed by atoms with Gasteiger partial charge in [-0.05, 0) is 44.4 Å². The summed E-state index contributed by atoms with van der Waals surface area (Å²) in [5.74, 6) is 0.270. The highest BCUT2D eigenvalue weighted by Crippen LogP contribution is 2.34. The lowest BCUT2D eigenvalue weighted by Gasteiger charge is -2.18. The van der Waals surface area contributed by atoms with Crippen LogP contribution in [0.2, 0.25) is 0 Å². The van der Waals surface area contributed by atoms with Crippen molar-refractivity contribution in [2.45, 2.75) is 57.4 Å². The number of nitrogens with one attached hydrogen (secondary N) is 1. The van der Waals surface area contributed by atoms with Crippen molar-refractivity contribution in [3.8, 4) is 0 Å². The maximum absolute atomic E-state index is 12.0. The average Bonchev–Trinajstić information content (AvgIpc) is 3.23. The highest BCUT2D eigenvalue weighted by molar-refractivity contribution is 5.80. The van der Waals surface area contributed by atoms with Crippen molar-refractivity contribution in [2.75, 3.05) is 7.11 Å². The summed E-state index contributed by atoms with van der Waals surface area (Å²) in [4.78, 5) is 23.4. The van der Waals surface area contributed by atoms with Gasteiger partial charge in [0.2, 0.25) is 5.91 Å². The number of methoxy groups -OCH3 is 1. The summed E-state index contributed by atoms with van der Waals surface area (Å²) in [5, 5.41) is 3.01. The van der Waals surface area contributed by atoms with Gasteiger partial charge in [0.25, 0.3) is 0 Å². The van der Waals surface area contributed by atoms with Gasteiger partial charge >= 0.3 is 5.97 Å². The lowest BCUT2D eigenvalue weighted by Crippen LogP contribution is -2.38. The molecule has 0 aromatic heterocycles. The molecule has 106 valence electrons. The maximum atomic E-state index is 12.0. The van der Waals surface area contributed by atoms with Crippen LogP contribution in [0.15, 0.2) is 11.6 Å². The number of ether oxygens (including phenoxy) is 1. The van der Waals surface area contributed by atoms with E-state index in [0.717, 1.165) is 25.7 Å². The standard InChI is InChI=1S/C15H23NO3/c1-19-15(18)10-13(12-7-8-12)16-14(17)9-11-5-3-2-4-6-11/h5,12-13H,2-4,6-10H2,1H3,(H,16,17)/t13-/m1/s1. The van der Waals surface area contributed by atoms with E-state index in [0.29, 0.717) is 18.8 Å². The largest absolute Gasteiger partial charge is 0.469 e. The second-order valence-corrected chi connectivity index (χ2v) is 5.58. The van der Waals surface area contributed by atoms with Crippen molar-refractivity contribution in [1.29, 1.82) is 0 Å². The van der Waals surface area contributed by atoms with Crippen molar-refractivity contribution in [3.05, 3.63) is 11.6 Å². The van der Waals surface area contributed by atoms with Crippen molar-refractivity contribution in [1.82, 2.24) is 5.32 Å². The van der Waals surface area contributed by atoms with Crippen molar-refractivity contribution < 1.29 is 14.3 Å². The first-order chi connectivity index (χ1) is 9.19. The van der Waals surface area contributed by atoms with Gasteiger partial charge in [-0.25, -0.2) is 0 Å². The molecule has 2 rings (SSSR count). The quantitative estimate of drug-likeness (QED) is 0.592. The zero-order chi connectivity index (χ0) is 13.7. The lowest BCUT2D eigenvalue weighted by atomic mass is 9.97. The molecule has 0 aliphatic heterocycles. The summed E-state index contributed by atoms with van der Waals surface area (Å²) in [6.45, 7) is 0. The number of allylic oxidation sites excluding steroid dienone is 1. The summed E-state index contributed by atoms with van der Waals surface area (Å²) < 4.78 is 4.69. The van der Waals surface area contributed by atoms with Gasteiger partial charge in [-0.2, -0.15) is 0 Å². The normalized spacial score (nSPS) is 20.4. The number of rotatable bonds is 6. The summed E-state index contributed by atoms with van der Waals surface area (Å²) in [5.41, 5.74) is 1.25. The number of esters is 1. The first kappa shape index (κ1) is 14.1. The fraction of sp³-hybridized carbons (Fsp3) is 0.733. The SMILES string of the molecule is COC(=O)C[C@@H](NC(=O)CC1=CCCCC1)C1CC1. The van der Waals surface area contributed by atoms with E-state index in [1.807, 2.05) is 0 Å². The lowest BCUT2D eigenvalue weighted by molar-refractivity contribution is -0.141. The van der Waals surface area contributed by atoms with Crippen LogP contribution < -0.4 is 5.32 Å². The molecule has 4 nitrogen and oxygen atoms in total. The minimum Gasteiger partial charge on any atom is -0.469 e. The van der Waals surface area contributed by atoms with Gasteiger partial charge in [-0.15, -0.1) is 0 Å². The van der Waals surface area contributed by atoms with E-state index >= 15 is 0 Å². The third kappa shape index (κ3) is 4.69. The molecule has 0 aromatic rings. The summed E-state index contributed by atoms with van der Waals surface area (Å²) in [7, 11) is 1.39. The Morgan fingerprint density at radius 1 is 1.42 bits per heavy atom. The maximum Gasteiger partial charge on any atom is 0.307 e. The number of hydrogen-bond acceptors (Lipinski definition) is 3. The first-order valence-electron chi connectivity index (χ1n) is 7.23. The van der Waals surface area contributed by atoms with Crippen molar-refractivity contribution >= 4 is 11.9 Å². The molecule has 19 heavy (non-hydrogen) atoms. The topological polar surface area (TPSA) is 55.4 Å². The molecule has 0 spiro atoms. The molecule has 4 heteroatoms. The fourth-order valence-corrected chi connectivity index (χ4v) is 2.63. The molecule has 1 N–H and O–H groups in total. The Balaban J connectivity index is 1.81. The van der Waals surface area contributed by atoms with Crippen molar-refractivity contribution in [2.24, 2.45) is 5.92 Å². The van der Waals surface area contributed by atoms with E-state index in [4.69, 9.17) is 0 Å². The molecule has 1 saturated carbocycles. The minimum atomic E-state index is -0.242. The second kappa shape index (κ2) is 6.73. The first-order valence-corrected chi connectivity index (χ1v) is 7.23. The van der Waals surface area contributed by atoms with Crippen LogP contribution in [-0.4, -0.2) is 25.0 Å². The smallest absolute Gasteiger partial charge is 0.307 e. The Hall–Kier alpha value is -1.32. The zero-order valence-electron chi connectivity index (χ0n) is 11.6. The van der Waals surface area contributed by atoms with Crippen LogP contribution in [0.1, 0.15) is 51.4 Å². The van der Waals surface area contributed by atoms with E-state index in [9.17, 15) is 9.59 Å². The minimum absolute atomic E-state index is 0.0378. The fourth-order valence-electron chi connectivity index (χ4n) is 2.63. The molecule has 0 unspecified atom stereocenters. The molecule has 0 saturated heterocycles. The molecule has 2 aliphatic carbocycles. The van der Waals surface area contributed by atoms with Crippen LogP contribution in [0.4, 0.5) is 0 Å². The van der Waals surface area contributed by atoms with Crippen LogP contribution in [0.5, 0.6) is 0 Å². The van der Waals surface area contributed by atoms with Gasteiger partial charge in [-0.1, -0.05) is 11.6 Å². The molecular weight excluding hydrogens is 242 g/mol. The van der Waals surface area contributed by atoms with Crippen LogP contribution in [0, 0.1) is 5.92 Å². The number of amides is 1. The van der Waals surface area contributed by atoms with Crippen LogP contribution >= 0.6 is 0 Å². The third-order valence-corrected chi connectivity index (χ3v) is 3.92. The predicted molar refractivity (Wildman–Crippen MR) is 72.5 cm³/mol. The van der Waals surface area contributed by atoms with Crippen LogP contribution in [0.3, 0.4) is 0 Å². The summed E-state index contributed by atoms with van der Waals surface area (Å²) in [6, 6.07) is -0.0378. The monoisotopic (exact) mass is 265 g/mol. The Kier molecular flexibility index (Phi) is 5.00. The molecule has 0 radical (unpaired) electrons. The summed E-state index contributed by atoms with van der Waals surface area (Å²) >= 11 is 0. The third-order valence-electron chi connectivity index (χ3n) is 3.92. The summed E-state index contributed by atoms with van der Waals surface area (Å²) in [6.07, 6.45) is 9.74. The predicted octanol–water partition coefficient (Wildman–Crippen LogP) is 2.33. The molecule has 0 aromatic carbocycles. The highest BCUT2D eigenvalue weighted by Gasteiger charge is 2.34. The molecule has 1 amide bonds. The van der Waals surface area contributed by atoms with E-state index in [-0.39, 0.29) is 17.9 Å². The molecule has 1 fully saturated rings. The Labute approximate surface area is 114 Å². The average molecular weight is 265 g/mol. The Morgan fingerprint density at radius 2 is 2.21 bits per heavy atom. The van der Waals surface area contributed by atoms with Gasteiger partial charge in [0.1, 0.15) is 0 Å². The number of hydrogen-bond donors (Lipinski definition) is 1. The second-order valence-electron chi connectivity index (χ2n) is 5.58. The molecule has 1 atom stereocenters. The molecule has 0 heterocycles. The Bertz CT molecular complexity index is 372. The molecule has 2 aliphatic rings. The van der Waals surface area contributed by atoms with Crippen molar-refractivity contribution in [3.63, 3.8) is 0 Å². The highest BCUT2D eigenvalue weighted by atomic mass is 16.5. The molecular formula is C15H23NO3. The van der Waals surface area contributed by atoms with E-state index in [2.05, 4.69) is 16.1 Å². The van der Waals surface area contributed by atoms with Crippen LogP contribution in [-0.2, 0) is 14.3 Å². The van der Waals surface area contributed by atoms with E-state index < -0.39 is 0 Å². The van der Waals surface area contributed by atoms with Gasteiger partial charge < -0.3 is 10.1 Å². The van der Waals surface area contributed by atoms with Gasteiger partial charge in [0.05, 0.1) is 13.5 Å². The zero-order valence-corrected chi connectivity index (χ0v) is 11.6. The van der Waals surface area contributed by atoms with Crippen LogP contribution in [0.25, 0.3) is 0 Å². The van der Waals surface area contributed by atoms with E-state index in [1.165, 1.54) is 25.5 Å². The van der Waals surface area contributed by atoms with E-state index in [1.54, 1.807) is 0 Å². The van der Waals surface area contributed by atoms with Gasteiger partial charge in [-0.3, -0.25) is 9.59 Å². The van der Waals surface area contributed by atoms with Gasteiger partial charge in [0, 0.05) is 12.5 Å². The number of carbonyl (C=O) groups excluding carboxylic acids is 2. The molecule has 0 bridgehead atoms. The number of carbonyl (C=O) groups is 2. The van der Waals surface area contributed by atoms with Gasteiger partial charge in [0.15, 0.2) is 0 Å². The Morgan fingerprint density at radius 3 is 2.79 bits per heavy atom.